The Kier molecular flexibility index (Phi) is 4.99. The minimum Gasteiger partial charge on any atom is -0.350 e. The second-order valence-electron chi connectivity index (χ2n) is 6.73. The molecule has 3 rings (SSSR count). The molecule has 0 aromatic heterocycles. The molecule has 7 heteroatoms. The molecule has 1 saturated heterocycles. The van der Waals surface area contributed by atoms with Crippen molar-refractivity contribution in [3.8, 4) is 0 Å². The van der Waals surface area contributed by atoms with Crippen LogP contribution in [0.25, 0.3) is 0 Å². The number of amides is 4. The molecular weight excluding hydrogens is 342 g/mol. The first-order valence-corrected chi connectivity index (χ1v) is 8.93. The smallest absolute Gasteiger partial charge is 0.327 e. The third kappa shape index (κ3) is 3.35. The molecule has 1 spiro atoms. The van der Waals surface area contributed by atoms with Crippen molar-refractivity contribution in [3.63, 3.8) is 0 Å². The molecule has 0 radical (unpaired) electrons. The number of nitrogens with one attached hydrogen (secondary N) is 1. The van der Waals surface area contributed by atoms with Gasteiger partial charge in [0.1, 0.15) is 12.1 Å². The van der Waals surface area contributed by atoms with Crippen LogP contribution in [0, 0.1) is 0 Å². The highest BCUT2D eigenvalue weighted by Gasteiger charge is 2.55. The van der Waals surface area contributed by atoms with E-state index in [-0.39, 0.29) is 24.4 Å². The van der Waals surface area contributed by atoms with Crippen LogP contribution in [0.15, 0.2) is 24.3 Å². The van der Waals surface area contributed by atoms with E-state index < -0.39 is 5.54 Å². The van der Waals surface area contributed by atoms with Crippen LogP contribution in [0.1, 0.15) is 37.7 Å². The van der Waals surface area contributed by atoms with E-state index in [1.54, 1.807) is 25.2 Å². The van der Waals surface area contributed by atoms with Crippen molar-refractivity contribution in [2.75, 3.05) is 13.6 Å². The molecule has 1 heterocycles. The molecule has 134 valence electrons. The molecule has 1 aromatic carbocycles. The molecule has 25 heavy (non-hydrogen) atoms. The fourth-order valence-corrected chi connectivity index (χ4v) is 3.93. The Labute approximate surface area is 152 Å². The van der Waals surface area contributed by atoms with Gasteiger partial charge in [-0.05, 0) is 30.5 Å². The average Bonchev–Trinajstić information content (AvgIpc) is 2.77. The van der Waals surface area contributed by atoms with Crippen molar-refractivity contribution >= 4 is 29.4 Å². The number of hydrogen-bond acceptors (Lipinski definition) is 3. The third-order valence-corrected chi connectivity index (χ3v) is 5.40. The maximum atomic E-state index is 12.8. The van der Waals surface area contributed by atoms with Gasteiger partial charge >= 0.3 is 6.03 Å². The molecule has 0 atom stereocenters. The first-order valence-electron chi connectivity index (χ1n) is 8.55. The van der Waals surface area contributed by atoms with Crippen LogP contribution in [0.3, 0.4) is 0 Å². The highest BCUT2D eigenvalue weighted by molar-refractivity contribution is 6.30. The van der Waals surface area contributed by atoms with Gasteiger partial charge in [0.25, 0.3) is 5.91 Å². The summed E-state index contributed by atoms with van der Waals surface area (Å²) in [5.74, 6) is -0.597. The number of rotatable bonds is 4. The lowest BCUT2D eigenvalue weighted by atomic mass is 9.81. The standard InChI is InChI=1S/C18H22ClN3O3/c1-21-17(25)22(16(24)18(21)8-3-2-4-9-18)12-15(23)20-11-13-6-5-7-14(19)10-13/h5-7,10H,2-4,8-9,11-12H2,1H3,(H,20,23). The lowest BCUT2D eigenvalue weighted by Crippen LogP contribution is -2.49. The van der Waals surface area contributed by atoms with E-state index in [0.29, 0.717) is 24.4 Å². The maximum absolute atomic E-state index is 12.8. The van der Waals surface area contributed by atoms with Gasteiger partial charge in [-0.1, -0.05) is 43.0 Å². The van der Waals surface area contributed by atoms with E-state index in [1.165, 1.54) is 4.90 Å². The summed E-state index contributed by atoms with van der Waals surface area (Å²) in [6.07, 6.45) is 4.29. The molecule has 2 aliphatic rings. The fraction of sp³-hybridized carbons (Fsp3) is 0.500. The summed E-state index contributed by atoms with van der Waals surface area (Å²) in [4.78, 5) is 40.1. The lowest BCUT2D eigenvalue weighted by molar-refractivity contribution is -0.137. The molecule has 1 saturated carbocycles. The number of hydrogen-bond donors (Lipinski definition) is 1. The van der Waals surface area contributed by atoms with Crippen molar-refractivity contribution in [1.29, 1.82) is 0 Å². The summed E-state index contributed by atoms with van der Waals surface area (Å²) >= 11 is 5.92. The molecule has 2 fully saturated rings. The van der Waals surface area contributed by atoms with E-state index in [0.717, 1.165) is 29.7 Å². The van der Waals surface area contributed by atoms with Gasteiger partial charge in [-0.15, -0.1) is 0 Å². The Morgan fingerprint density at radius 1 is 1.24 bits per heavy atom. The number of urea groups is 1. The van der Waals surface area contributed by atoms with Crippen LogP contribution in [-0.2, 0) is 16.1 Å². The number of halogens is 1. The normalized spacial score (nSPS) is 19.6. The van der Waals surface area contributed by atoms with Crippen molar-refractivity contribution in [2.45, 2.75) is 44.2 Å². The number of imide groups is 1. The second kappa shape index (κ2) is 7.04. The van der Waals surface area contributed by atoms with Crippen LogP contribution in [-0.4, -0.2) is 46.8 Å². The predicted molar refractivity (Wildman–Crippen MR) is 94.0 cm³/mol. The van der Waals surface area contributed by atoms with Crippen molar-refractivity contribution in [3.05, 3.63) is 34.9 Å². The fourth-order valence-electron chi connectivity index (χ4n) is 3.72. The summed E-state index contributed by atoms with van der Waals surface area (Å²) in [5, 5.41) is 3.33. The molecule has 0 unspecified atom stereocenters. The molecule has 1 aliphatic carbocycles. The van der Waals surface area contributed by atoms with Crippen LogP contribution in [0.5, 0.6) is 0 Å². The minimum absolute atomic E-state index is 0.238. The van der Waals surface area contributed by atoms with Gasteiger partial charge < -0.3 is 10.2 Å². The van der Waals surface area contributed by atoms with E-state index in [4.69, 9.17) is 11.6 Å². The van der Waals surface area contributed by atoms with Gasteiger partial charge in [0.2, 0.25) is 5.91 Å². The molecule has 0 bridgehead atoms. The van der Waals surface area contributed by atoms with Gasteiger partial charge in [-0.25, -0.2) is 4.79 Å². The summed E-state index contributed by atoms with van der Waals surface area (Å²) in [5.41, 5.74) is 0.114. The van der Waals surface area contributed by atoms with Crippen molar-refractivity contribution < 1.29 is 14.4 Å². The zero-order valence-electron chi connectivity index (χ0n) is 14.3. The van der Waals surface area contributed by atoms with E-state index in [2.05, 4.69) is 5.32 Å². The first-order chi connectivity index (χ1) is 11.9. The average molecular weight is 364 g/mol. The Bertz CT molecular complexity index is 701. The second-order valence-corrected chi connectivity index (χ2v) is 7.17. The zero-order chi connectivity index (χ0) is 18.0. The lowest BCUT2D eigenvalue weighted by Gasteiger charge is -2.35. The number of carbonyl (C=O) groups excluding carboxylic acids is 3. The topological polar surface area (TPSA) is 69.7 Å². The van der Waals surface area contributed by atoms with Crippen LogP contribution >= 0.6 is 11.6 Å². The largest absolute Gasteiger partial charge is 0.350 e. The number of nitrogens with zero attached hydrogens (tertiary/aromatic N) is 2. The van der Waals surface area contributed by atoms with Gasteiger partial charge in [-0.2, -0.15) is 0 Å². The Morgan fingerprint density at radius 2 is 1.96 bits per heavy atom. The van der Waals surface area contributed by atoms with Crippen LogP contribution < -0.4 is 5.32 Å². The first kappa shape index (κ1) is 17.7. The summed E-state index contributed by atoms with van der Waals surface area (Å²) < 4.78 is 0. The van der Waals surface area contributed by atoms with E-state index in [9.17, 15) is 14.4 Å². The van der Waals surface area contributed by atoms with Gasteiger partial charge in [0.05, 0.1) is 0 Å². The van der Waals surface area contributed by atoms with Crippen LogP contribution in [0.2, 0.25) is 5.02 Å². The van der Waals surface area contributed by atoms with Gasteiger partial charge in [-0.3, -0.25) is 14.5 Å². The molecule has 1 aliphatic heterocycles. The van der Waals surface area contributed by atoms with E-state index >= 15 is 0 Å². The number of benzene rings is 1. The maximum Gasteiger partial charge on any atom is 0.327 e. The monoisotopic (exact) mass is 363 g/mol. The Hall–Kier alpha value is -2.08. The predicted octanol–water partition coefficient (Wildman–Crippen LogP) is 2.55. The Morgan fingerprint density at radius 3 is 2.64 bits per heavy atom. The van der Waals surface area contributed by atoms with E-state index in [1.807, 2.05) is 6.07 Å². The van der Waals surface area contributed by atoms with Crippen molar-refractivity contribution in [2.24, 2.45) is 0 Å². The molecular formula is C18H22ClN3O3. The molecule has 4 amide bonds. The van der Waals surface area contributed by atoms with Crippen molar-refractivity contribution in [1.82, 2.24) is 15.1 Å². The molecule has 1 aromatic rings. The SMILES string of the molecule is CN1C(=O)N(CC(=O)NCc2cccc(Cl)c2)C(=O)C12CCCCC2. The highest BCUT2D eigenvalue weighted by atomic mass is 35.5. The number of carbonyl (C=O) groups is 3. The minimum atomic E-state index is -0.747. The van der Waals surface area contributed by atoms with Crippen LogP contribution in [0.4, 0.5) is 4.79 Å². The van der Waals surface area contributed by atoms with Gasteiger partial charge in [0.15, 0.2) is 0 Å². The Balaban J connectivity index is 1.63. The quantitative estimate of drug-likeness (QED) is 0.836. The van der Waals surface area contributed by atoms with Gasteiger partial charge in [0, 0.05) is 18.6 Å². The third-order valence-electron chi connectivity index (χ3n) is 5.16. The molecule has 1 N–H and O–H groups in total. The zero-order valence-corrected chi connectivity index (χ0v) is 15.0. The number of likely N-dealkylation sites (N-methyl/N-ethyl adjacent to an activating group) is 1. The molecule has 6 nitrogen and oxygen atoms in total. The summed E-state index contributed by atoms with van der Waals surface area (Å²) in [6.45, 7) is 0.0565. The summed E-state index contributed by atoms with van der Waals surface area (Å²) in [7, 11) is 1.66. The summed E-state index contributed by atoms with van der Waals surface area (Å²) in [6, 6.07) is 6.79. The highest BCUT2D eigenvalue weighted by Crippen LogP contribution is 2.39.